The van der Waals surface area contributed by atoms with Gasteiger partial charge in [-0.2, -0.15) is 0 Å². The Morgan fingerprint density at radius 3 is 1.49 bits per heavy atom. The van der Waals surface area contributed by atoms with E-state index >= 15 is 0 Å². The van der Waals surface area contributed by atoms with Crippen molar-refractivity contribution in [1.82, 2.24) is 13.4 Å². The first kappa shape index (κ1) is 28.2. The van der Waals surface area contributed by atoms with Gasteiger partial charge in [0.1, 0.15) is 0 Å². The lowest BCUT2D eigenvalue weighted by atomic mass is 9.99. The number of hydrogen-bond donors (Lipinski definition) is 0. The van der Waals surface area contributed by atoms with E-state index < -0.39 is 0 Å². The monoisotopic (exact) mass is 695 g/mol. The van der Waals surface area contributed by atoms with E-state index in [1.807, 2.05) is 0 Å². The van der Waals surface area contributed by atoms with E-state index in [4.69, 9.17) is 0 Å². The number of rotatable bonds is 2. The Hall–Kier alpha value is -7.36. The lowest BCUT2D eigenvalue weighted by molar-refractivity contribution is 1.18. The fourth-order valence-electron chi connectivity index (χ4n) is 10.4. The minimum Gasteiger partial charge on any atom is -0.309 e. The molecule has 0 fully saturated rings. The van der Waals surface area contributed by atoms with Gasteiger partial charge in [-0.25, -0.2) is 0 Å². The van der Waals surface area contributed by atoms with Crippen LogP contribution in [0.5, 0.6) is 0 Å². The lowest BCUT2D eigenvalue weighted by Crippen LogP contribution is -1.93. The third-order valence-electron chi connectivity index (χ3n) is 12.6. The highest BCUT2D eigenvalue weighted by Crippen LogP contribution is 2.46. The lowest BCUT2D eigenvalue weighted by Gasteiger charge is -2.09. The van der Waals surface area contributed by atoms with Crippen molar-refractivity contribution in [3.63, 3.8) is 0 Å². The molecule has 0 aliphatic carbocycles. The zero-order valence-corrected chi connectivity index (χ0v) is 29.6. The van der Waals surface area contributed by atoms with Crippen molar-refractivity contribution >= 4 is 109 Å². The SMILES string of the molecule is c1ccc(-n2c3ccccc3c3cc(-c4cccc5c6cccc7c8cc9cc%10c(cc9cc8n(c45)c76)c4cccc5c6ccccc6n%10c54)ccc32)cc1. The summed E-state index contributed by atoms with van der Waals surface area (Å²) in [5.41, 5.74) is 13.8. The standard InChI is InChI=1S/C52H29N3/c1-2-11-33(12-3-1)53-45-21-6-5-14-36(45)42-25-30(23-24-47(42)53)34-15-8-17-38-39-18-10-20-41-44-27-31-28-48-43(26-32(31)29-49(44)55(50(34)38)52(39)41)40-19-9-16-37-35-13-4-7-22-46(35)54(48)51(37)40/h1-29H. The molecule has 252 valence electrons. The van der Waals surface area contributed by atoms with E-state index in [-0.39, 0.29) is 0 Å². The molecule has 14 rings (SSSR count). The first-order chi connectivity index (χ1) is 27.3. The highest BCUT2D eigenvalue weighted by molar-refractivity contribution is 6.28. The molecule has 5 aromatic heterocycles. The molecular weight excluding hydrogens is 667 g/mol. The smallest absolute Gasteiger partial charge is 0.0620 e. The summed E-state index contributed by atoms with van der Waals surface area (Å²) in [6.45, 7) is 0. The maximum atomic E-state index is 2.56. The van der Waals surface area contributed by atoms with Crippen molar-refractivity contribution in [3.05, 3.63) is 176 Å². The highest BCUT2D eigenvalue weighted by Gasteiger charge is 2.23. The second-order valence-electron chi connectivity index (χ2n) is 15.3. The predicted octanol–water partition coefficient (Wildman–Crippen LogP) is 13.9. The maximum absolute atomic E-state index is 2.56. The average molecular weight is 696 g/mol. The summed E-state index contributed by atoms with van der Waals surface area (Å²) in [5, 5.41) is 15.5. The van der Waals surface area contributed by atoms with Gasteiger partial charge in [0.25, 0.3) is 0 Å². The van der Waals surface area contributed by atoms with Crippen molar-refractivity contribution in [2.24, 2.45) is 0 Å². The van der Waals surface area contributed by atoms with Gasteiger partial charge in [0.05, 0.1) is 44.1 Å². The molecule has 0 aliphatic heterocycles. The van der Waals surface area contributed by atoms with Crippen LogP contribution >= 0.6 is 0 Å². The molecule has 0 amide bonds. The number of benzene rings is 9. The van der Waals surface area contributed by atoms with E-state index in [1.54, 1.807) is 0 Å². The van der Waals surface area contributed by atoms with Crippen molar-refractivity contribution in [3.8, 4) is 16.8 Å². The van der Waals surface area contributed by atoms with Gasteiger partial charge in [0.2, 0.25) is 0 Å². The Morgan fingerprint density at radius 2 is 0.764 bits per heavy atom. The van der Waals surface area contributed by atoms with Crippen LogP contribution in [0.25, 0.3) is 126 Å². The van der Waals surface area contributed by atoms with Crippen molar-refractivity contribution in [2.75, 3.05) is 0 Å². The Bertz CT molecular complexity index is 3930. The molecule has 0 aliphatic rings. The van der Waals surface area contributed by atoms with E-state index in [2.05, 4.69) is 189 Å². The molecule has 0 saturated carbocycles. The summed E-state index contributed by atoms with van der Waals surface area (Å²) < 4.78 is 7.44. The van der Waals surface area contributed by atoms with Crippen LogP contribution in [0, 0.1) is 0 Å². The predicted molar refractivity (Wildman–Crippen MR) is 233 cm³/mol. The molecule has 0 spiro atoms. The molecule has 0 bridgehead atoms. The summed E-state index contributed by atoms with van der Waals surface area (Å²) in [5.74, 6) is 0. The minimum absolute atomic E-state index is 1.18. The van der Waals surface area contributed by atoms with Gasteiger partial charge in [-0.3, -0.25) is 0 Å². The van der Waals surface area contributed by atoms with Crippen LogP contribution in [0.4, 0.5) is 0 Å². The number of para-hydroxylation sites is 6. The van der Waals surface area contributed by atoms with Crippen LogP contribution in [-0.4, -0.2) is 13.4 Å². The quantitative estimate of drug-likeness (QED) is 0.171. The topological polar surface area (TPSA) is 13.8 Å². The fraction of sp³-hybridized carbons (Fsp3) is 0. The molecule has 3 heteroatoms. The molecule has 55 heavy (non-hydrogen) atoms. The number of hydrogen-bond acceptors (Lipinski definition) is 0. The zero-order valence-electron chi connectivity index (χ0n) is 29.6. The number of fused-ring (bicyclic) bond motifs is 16. The third kappa shape index (κ3) is 3.39. The van der Waals surface area contributed by atoms with Gasteiger partial charge >= 0.3 is 0 Å². The summed E-state index contributed by atoms with van der Waals surface area (Å²) in [4.78, 5) is 0. The molecule has 9 aromatic carbocycles. The van der Waals surface area contributed by atoms with E-state index in [1.165, 1.54) is 126 Å². The largest absolute Gasteiger partial charge is 0.309 e. The molecule has 0 radical (unpaired) electrons. The minimum atomic E-state index is 1.18. The summed E-state index contributed by atoms with van der Waals surface area (Å²) in [6, 6.07) is 65.6. The van der Waals surface area contributed by atoms with Gasteiger partial charge < -0.3 is 13.4 Å². The van der Waals surface area contributed by atoms with Gasteiger partial charge in [-0.05, 0) is 77.0 Å². The Labute approximate surface area is 313 Å². The first-order valence-corrected chi connectivity index (χ1v) is 19.1. The summed E-state index contributed by atoms with van der Waals surface area (Å²) in [6.07, 6.45) is 0. The third-order valence-corrected chi connectivity index (χ3v) is 12.6. The van der Waals surface area contributed by atoms with Crippen molar-refractivity contribution in [2.45, 2.75) is 0 Å². The van der Waals surface area contributed by atoms with Crippen LogP contribution in [0.15, 0.2) is 176 Å². The molecule has 0 atom stereocenters. The van der Waals surface area contributed by atoms with Crippen LogP contribution in [0.1, 0.15) is 0 Å². The molecular formula is C52H29N3. The van der Waals surface area contributed by atoms with Crippen LogP contribution in [-0.2, 0) is 0 Å². The molecule has 5 heterocycles. The number of nitrogens with zero attached hydrogens (tertiary/aromatic N) is 3. The average Bonchev–Trinajstić information content (AvgIpc) is 4.03. The van der Waals surface area contributed by atoms with Gasteiger partial charge in [0, 0.05) is 65.1 Å². The Kier molecular flexibility index (Phi) is 5.01. The van der Waals surface area contributed by atoms with E-state index in [0.717, 1.165) is 0 Å². The van der Waals surface area contributed by atoms with Gasteiger partial charge in [-0.15, -0.1) is 0 Å². The normalized spacial score (nSPS) is 12.7. The van der Waals surface area contributed by atoms with E-state index in [9.17, 15) is 0 Å². The zero-order chi connectivity index (χ0) is 35.5. The fourth-order valence-corrected chi connectivity index (χ4v) is 10.4. The van der Waals surface area contributed by atoms with Crippen molar-refractivity contribution < 1.29 is 0 Å². The molecule has 0 saturated heterocycles. The van der Waals surface area contributed by atoms with Crippen LogP contribution in [0.2, 0.25) is 0 Å². The van der Waals surface area contributed by atoms with E-state index in [0.29, 0.717) is 0 Å². The highest BCUT2D eigenvalue weighted by atomic mass is 15.0. The second kappa shape index (κ2) is 9.79. The number of aromatic nitrogens is 3. The first-order valence-electron chi connectivity index (χ1n) is 19.1. The Morgan fingerprint density at radius 1 is 0.273 bits per heavy atom. The van der Waals surface area contributed by atoms with Crippen molar-refractivity contribution in [1.29, 1.82) is 0 Å². The second-order valence-corrected chi connectivity index (χ2v) is 15.3. The van der Waals surface area contributed by atoms with Crippen LogP contribution in [0.3, 0.4) is 0 Å². The molecule has 0 unspecified atom stereocenters. The summed E-state index contributed by atoms with van der Waals surface area (Å²) >= 11 is 0. The maximum Gasteiger partial charge on any atom is 0.0620 e. The van der Waals surface area contributed by atoms with Gasteiger partial charge in [-0.1, -0.05) is 115 Å². The summed E-state index contributed by atoms with van der Waals surface area (Å²) in [7, 11) is 0. The van der Waals surface area contributed by atoms with Gasteiger partial charge in [0.15, 0.2) is 0 Å². The van der Waals surface area contributed by atoms with Crippen LogP contribution < -0.4 is 0 Å². The molecule has 14 aromatic rings. The molecule has 0 N–H and O–H groups in total. The molecule has 3 nitrogen and oxygen atoms in total. The Balaban J connectivity index is 1.07.